The molecule has 8 heteroatoms. The number of fused-ring (bicyclic) bond motifs is 1. The van der Waals surface area contributed by atoms with Crippen molar-refractivity contribution in [3.05, 3.63) is 52.0 Å². The first kappa shape index (κ1) is 20.2. The van der Waals surface area contributed by atoms with Gasteiger partial charge >= 0.3 is 0 Å². The van der Waals surface area contributed by atoms with Gasteiger partial charge in [0, 0.05) is 22.3 Å². The highest BCUT2D eigenvalue weighted by molar-refractivity contribution is 9.10. The number of hydrogen-bond donors (Lipinski definition) is 2. The first-order chi connectivity index (χ1) is 13.9. The van der Waals surface area contributed by atoms with Gasteiger partial charge in [-0.05, 0) is 61.6 Å². The molecule has 4 rings (SSSR count). The molecule has 0 bridgehead atoms. The highest BCUT2D eigenvalue weighted by atomic mass is 79.9. The van der Waals surface area contributed by atoms with Gasteiger partial charge in [0.1, 0.15) is 5.75 Å². The van der Waals surface area contributed by atoms with Crippen molar-refractivity contribution in [1.82, 2.24) is 4.72 Å². The number of carbonyl (C=O) groups is 1. The lowest BCUT2D eigenvalue weighted by molar-refractivity contribution is -0.128. The highest BCUT2D eigenvalue weighted by Crippen LogP contribution is 2.48. The Bertz CT molecular complexity index is 1060. The highest BCUT2D eigenvalue weighted by Gasteiger charge is 2.49. The molecular weight excluding hydrogens is 456 g/mol. The topological polar surface area (TPSA) is 84.5 Å². The summed E-state index contributed by atoms with van der Waals surface area (Å²) in [5.74, 6) is 0.0864. The Kier molecular flexibility index (Phi) is 5.33. The second-order valence-corrected chi connectivity index (χ2v) is 10.1. The minimum Gasteiger partial charge on any atom is -0.496 e. The van der Waals surface area contributed by atoms with Crippen molar-refractivity contribution >= 4 is 37.5 Å². The number of halogens is 1. The van der Waals surface area contributed by atoms with Crippen LogP contribution >= 0.6 is 15.9 Å². The van der Waals surface area contributed by atoms with Crippen molar-refractivity contribution in [1.29, 1.82) is 0 Å². The van der Waals surface area contributed by atoms with Gasteiger partial charge in [0.2, 0.25) is 5.91 Å². The monoisotopic (exact) mass is 478 g/mol. The molecule has 6 nitrogen and oxygen atoms in total. The Morgan fingerprint density at radius 1 is 1.21 bits per heavy atom. The van der Waals surface area contributed by atoms with Crippen molar-refractivity contribution in [2.75, 3.05) is 19.0 Å². The van der Waals surface area contributed by atoms with E-state index in [1.54, 1.807) is 25.3 Å². The SMILES string of the molecule is COc1ccc(Br)cc1C1(C(=O)NS(=O)(=O)c2cccc3c2CCCN3)CCC1. The summed E-state index contributed by atoms with van der Waals surface area (Å²) < 4.78 is 35.0. The van der Waals surface area contributed by atoms with Gasteiger partial charge in [-0.3, -0.25) is 4.79 Å². The number of sulfonamides is 1. The van der Waals surface area contributed by atoms with Crippen LogP contribution in [0.1, 0.15) is 36.8 Å². The number of benzene rings is 2. The maximum absolute atomic E-state index is 13.3. The van der Waals surface area contributed by atoms with E-state index in [0.29, 0.717) is 30.6 Å². The largest absolute Gasteiger partial charge is 0.496 e. The Hall–Kier alpha value is -2.06. The number of anilines is 1. The number of nitrogens with one attached hydrogen (secondary N) is 2. The van der Waals surface area contributed by atoms with Gasteiger partial charge in [0.25, 0.3) is 10.0 Å². The van der Waals surface area contributed by atoms with Crippen LogP contribution < -0.4 is 14.8 Å². The molecule has 0 atom stereocenters. The van der Waals surface area contributed by atoms with Gasteiger partial charge in [-0.1, -0.05) is 28.4 Å². The number of methoxy groups -OCH3 is 1. The third kappa shape index (κ3) is 3.53. The Morgan fingerprint density at radius 3 is 2.69 bits per heavy atom. The molecule has 0 saturated heterocycles. The van der Waals surface area contributed by atoms with Crippen LogP contribution in [-0.4, -0.2) is 28.0 Å². The smallest absolute Gasteiger partial charge is 0.264 e. The Morgan fingerprint density at radius 2 is 2.00 bits per heavy atom. The molecule has 2 aliphatic rings. The number of ether oxygens (including phenoxy) is 1. The standard InChI is InChI=1S/C21H23BrN2O4S/c1-28-18-9-8-14(22)13-16(18)21(10-4-11-21)20(25)24-29(26,27)19-7-2-6-17-15(19)5-3-12-23-17/h2,6-9,13,23H,3-5,10-12H2,1H3,(H,24,25). The van der Waals surface area contributed by atoms with Gasteiger partial charge < -0.3 is 10.1 Å². The van der Waals surface area contributed by atoms with Gasteiger partial charge in [-0.15, -0.1) is 0 Å². The van der Waals surface area contributed by atoms with Crippen molar-refractivity contribution in [2.45, 2.75) is 42.4 Å². The third-order valence-corrected chi connectivity index (χ3v) is 7.80. The number of amides is 1. The predicted octanol–water partition coefficient (Wildman–Crippen LogP) is 3.74. The minimum absolute atomic E-state index is 0.172. The summed E-state index contributed by atoms with van der Waals surface area (Å²) in [6, 6.07) is 10.6. The third-order valence-electron chi connectivity index (χ3n) is 5.89. The van der Waals surface area contributed by atoms with Crippen molar-refractivity contribution in [3.8, 4) is 5.75 Å². The zero-order valence-corrected chi connectivity index (χ0v) is 18.5. The summed E-state index contributed by atoms with van der Waals surface area (Å²) in [5, 5.41) is 3.23. The molecule has 0 spiro atoms. The molecular formula is C21H23BrN2O4S. The maximum Gasteiger partial charge on any atom is 0.264 e. The quantitative estimate of drug-likeness (QED) is 0.683. The molecule has 29 heavy (non-hydrogen) atoms. The van der Waals surface area contributed by atoms with Crippen molar-refractivity contribution < 1.29 is 17.9 Å². The molecule has 154 valence electrons. The predicted molar refractivity (Wildman–Crippen MR) is 115 cm³/mol. The lowest BCUT2D eigenvalue weighted by atomic mass is 9.63. The molecule has 0 unspecified atom stereocenters. The minimum atomic E-state index is -3.99. The zero-order chi connectivity index (χ0) is 20.6. The van der Waals surface area contributed by atoms with Crippen LogP contribution in [0.5, 0.6) is 5.75 Å². The molecule has 1 aliphatic carbocycles. The Labute approximate surface area is 179 Å². The Balaban J connectivity index is 1.69. The normalized spacial score (nSPS) is 17.4. The molecule has 0 radical (unpaired) electrons. The van der Waals surface area contributed by atoms with E-state index in [1.807, 2.05) is 18.2 Å². The summed E-state index contributed by atoms with van der Waals surface area (Å²) in [6.45, 7) is 0.814. The second kappa shape index (κ2) is 7.65. The molecule has 1 saturated carbocycles. The average Bonchev–Trinajstić information content (AvgIpc) is 2.66. The fraction of sp³-hybridized carbons (Fsp3) is 0.381. The van der Waals surface area contributed by atoms with Crippen molar-refractivity contribution in [3.63, 3.8) is 0 Å². The number of hydrogen-bond acceptors (Lipinski definition) is 5. The maximum atomic E-state index is 13.3. The first-order valence-corrected chi connectivity index (χ1v) is 11.9. The molecule has 2 aromatic rings. The second-order valence-electron chi connectivity index (χ2n) is 7.53. The molecule has 1 heterocycles. The lowest BCUT2D eigenvalue weighted by Gasteiger charge is -2.41. The van der Waals surface area contributed by atoms with E-state index in [-0.39, 0.29) is 4.90 Å². The van der Waals surface area contributed by atoms with Crippen LogP contribution in [0.15, 0.2) is 45.8 Å². The summed E-state index contributed by atoms with van der Waals surface area (Å²) in [7, 11) is -2.44. The molecule has 0 aromatic heterocycles. The fourth-order valence-corrected chi connectivity index (χ4v) is 5.91. The van der Waals surface area contributed by atoms with Crippen LogP contribution in [0.2, 0.25) is 0 Å². The summed E-state index contributed by atoms with van der Waals surface area (Å²) in [6.07, 6.45) is 3.53. The van der Waals surface area contributed by atoms with Crippen molar-refractivity contribution in [2.24, 2.45) is 0 Å². The van der Waals surface area contributed by atoms with E-state index in [0.717, 1.165) is 35.1 Å². The summed E-state index contributed by atoms with van der Waals surface area (Å²) in [5.41, 5.74) is 1.36. The molecule has 2 aromatic carbocycles. The molecule has 1 fully saturated rings. The van der Waals surface area contributed by atoms with Gasteiger partial charge in [-0.25, -0.2) is 13.1 Å². The van der Waals surface area contributed by atoms with Crippen LogP contribution in [-0.2, 0) is 26.7 Å². The molecule has 2 N–H and O–H groups in total. The van der Waals surface area contributed by atoms with Crippen LogP contribution in [0.25, 0.3) is 0 Å². The van der Waals surface area contributed by atoms with E-state index in [9.17, 15) is 13.2 Å². The summed E-state index contributed by atoms with van der Waals surface area (Å²) >= 11 is 3.45. The van der Waals surface area contributed by atoms with E-state index >= 15 is 0 Å². The van der Waals surface area contributed by atoms with Crippen LogP contribution in [0, 0.1) is 0 Å². The average molecular weight is 479 g/mol. The van der Waals surface area contributed by atoms with Crippen LogP contribution in [0.4, 0.5) is 5.69 Å². The van der Waals surface area contributed by atoms with E-state index in [4.69, 9.17) is 4.74 Å². The molecule has 1 aliphatic heterocycles. The fourth-order valence-electron chi connectivity index (χ4n) is 4.21. The molecule has 1 amide bonds. The van der Waals surface area contributed by atoms with Gasteiger partial charge in [0.15, 0.2) is 0 Å². The van der Waals surface area contributed by atoms with Crippen LogP contribution in [0.3, 0.4) is 0 Å². The van der Waals surface area contributed by atoms with E-state index < -0.39 is 21.3 Å². The number of carbonyl (C=O) groups excluding carboxylic acids is 1. The van der Waals surface area contributed by atoms with Gasteiger partial charge in [0.05, 0.1) is 17.4 Å². The number of rotatable bonds is 5. The summed E-state index contributed by atoms with van der Waals surface area (Å²) in [4.78, 5) is 13.5. The lowest BCUT2D eigenvalue weighted by Crippen LogP contribution is -2.51. The zero-order valence-electron chi connectivity index (χ0n) is 16.1. The first-order valence-electron chi connectivity index (χ1n) is 9.64. The van der Waals surface area contributed by atoms with Gasteiger partial charge in [-0.2, -0.15) is 0 Å². The van der Waals surface area contributed by atoms with E-state index in [1.165, 1.54) is 0 Å². The van der Waals surface area contributed by atoms with E-state index in [2.05, 4.69) is 26.0 Å².